The number of hydrogen-bond acceptors (Lipinski definition) is 6. The summed E-state index contributed by atoms with van der Waals surface area (Å²) in [6.07, 6.45) is 4.83. The van der Waals surface area contributed by atoms with Crippen LogP contribution in [0.3, 0.4) is 0 Å². The van der Waals surface area contributed by atoms with Crippen molar-refractivity contribution < 1.29 is 9.53 Å². The highest BCUT2D eigenvalue weighted by molar-refractivity contribution is 5.82. The average molecular weight is 333 g/mol. The quantitative estimate of drug-likeness (QED) is 0.820. The van der Waals surface area contributed by atoms with Crippen LogP contribution in [-0.4, -0.2) is 79.1 Å². The lowest BCUT2D eigenvalue weighted by molar-refractivity contribution is -0.145. The molecule has 2 aliphatic rings. The summed E-state index contributed by atoms with van der Waals surface area (Å²) in [6.45, 7) is 2.77. The fourth-order valence-corrected chi connectivity index (χ4v) is 3.38. The Morgan fingerprint density at radius 3 is 2.92 bits per heavy atom. The number of likely N-dealkylation sites (tertiary alicyclic amines) is 1. The number of morpholine rings is 1. The van der Waals surface area contributed by atoms with Crippen molar-refractivity contribution >= 4 is 11.9 Å². The second-order valence-electron chi connectivity index (χ2n) is 6.81. The lowest BCUT2D eigenvalue weighted by atomic mass is 10.0. The molecule has 24 heavy (non-hydrogen) atoms. The van der Waals surface area contributed by atoms with Gasteiger partial charge in [0.2, 0.25) is 11.9 Å². The van der Waals surface area contributed by atoms with E-state index < -0.39 is 0 Å². The number of carbonyl (C=O) groups excluding carboxylic acids is 1. The number of hydrogen-bond donors (Lipinski definition) is 0. The van der Waals surface area contributed by atoms with Crippen molar-refractivity contribution in [1.29, 1.82) is 0 Å². The van der Waals surface area contributed by atoms with Crippen LogP contribution in [0.1, 0.15) is 31.1 Å². The van der Waals surface area contributed by atoms with Gasteiger partial charge >= 0.3 is 0 Å². The zero-order chi connectivity index (χ0) is 17.1. The van der Waals surface area contributed by atoms with Crippen molar-refractivity contribution in [2.45, 2.75) is 31.4 Å². The Morgan fingerprint density at radius 1 is 1.33 bits per heavy atom. The van der Waals surface area contributed by atoms with Gasteiger partial charge < -0.3 is 14.5 Å². The maximum absolute atomic E-state index is 12.9. The zero-order valence-electron chi connectivity index (χ0n) is 14.8. The Kier molecular flexibility index (Phi) is 5.30. The molecule has 7 heteroatoms. The molecular formula is C17H27N5O2. The van der Waals surface area contributed by atoms with Gasteiger partial charge in [0, 0.05) is 26.8 Å². The molecule has 0 saturated carbocycles. The maximum Gasteiger partial charge on any atom is 0.240 e. The number of carbonyl (C=O) groups is 1. The first-order valence-electron chi connectivity index (χ1n) is 8.67. The maximum atomic E-state index is 12.9. The van der Waals surface area contributed by atoms with Crippen LogP contribution >= 0.6 is 0 Å². The highest BCUT2D eigenvalue weighted by Gasteiger charge is 2.33. The van der Waals surface area contributed by atoms with Gasteiger partial charge in [-0.3, -0.25) is 9.69 Å². The third kappa shape index (κ3) is 3.67. The minimum atomic E-state index is -0.182. The smallest absolute Gasteiger partial charge is 0.240 e. The molecule has 2 aliphatic heterocycles. The number of likely N-dealkylation sites (N-methyl/N-ethyl adjacent to an activating group) is 1. The molecule has 7 nitrogen and oxygen atoms in total. The summed E-state index contributed by atoms with van der Waals surface area (Å²) in [5.74, 6) is 0.888. The molecule has 0 radical (unpaired) electrons. The molecule has 132 valence electrons. The van der Waals surface area contributed by atoms with Crippen molar-refractivity contribution in [2.24, 2.45) is 0 Å². The number of anilines is 1. The van der Waals surface area contributed by atoms with E-state index >= 15 is 0 Å². The summed E-state index contributed by atoms with van der Waals surface area (Å²) in [5.41, 5.74) is 0.836. The Hall–Kier alpha value is -1.73. The SMILES string of the molecule is CN(C)c1nccc([C@H]2CN(C(=O)[C@@H]3CCCCN3C)CCO2)n1. The summed E-state index contributed by atoms with van der Waals surface area (Å²) >= 11 is 0. The lowest BCUT2D eigenvalue weighted by Gasteiger charge is -2.38. The van der Waals surface area contributed by atoms with E-state index in [9.17, 15) is 4.79 Å². The first-order valence-corrected chi connectivity index (χ1v) is 8.67. The molecule has 0 unspecified atom stereocenters. The van der Waals surface area contributed by atoms with E-state index in [2.05, 4.69) is 14.9 Å². The van der Waals surface area contributed by atoms with Gasteiger partial charge in [0.15, 0.2) is 0 Å². The van der Waals surface area contributed by atoms with Crippen molar-refractivity contribution in [3.05, 3.63) is 18.0 Å². The fraction of sp³-hybridized carbons (Fsp3) is 0.706. The molecule has 0 N–H and O–H groups in total. The number of amides is 1. The number of aromatic nitrogens is 2. The van der Waals surface area contributed by atoms with E-state index in [0.717, 1.165) is 25.1 Å². The molecule has 2 saturated heterocycles. The van der Waals surface area contributed by atoms with Crippen LogP contribution in [0, 0.1) is 0 Å². The third-order valence-electron chi connectivity index (χ3n) is 4.83. The first-order chi connectivity index (χ1) is 11.6. The van der Waals surface area contributed by atoms with Crippen molar-refractivity contribution in [3.8, 4) is 0 Å². The molecule has 1 amide bonds. The fourth-order valence-electron chi connectivity index (χ4n) is 3.38. The van der Waals surface area contributed by atoms with Crippen LogP contribution in [0.15, 0.2) is 12.3 Å². The Balaban J connectivity index is 1.70. The second kappa shape index (κ2) is 7.44. The lowest BCUT2D eigenvalue weighted by Crippen LogP contribution is -2.52. The Morgan fingerprint density at radius 2 is 2.17 bits per heavy atom. The number of rotatable bonds is 3. The predicted octanol–water partition coefficient (Wildman–Crippen LogP) is 0.927. The normalized spacial score (nSPS) is 25.5. The summed E-state index contributed by atoms with van der Waals surface area (Å²) in [4.78, 5) is 27.7. The molecule has 3 heterocycles. The highest BCUT2D eigenvalue weighted by atomic mass is 16.5. The molecular weight excluding hydrogens is 306 g/mol. The third-order valence-corrected chi connectivity index (χ3v) is 4.83. The molecule has 2 atom stereocenters. The van der Waals surface area contributed by atoms with E-state index in [0.29, 0.717) is 25.6 Å². The van der Waals surface area contributed by atoms with Crippen molar-refractivity contribution in [2.75, 3.05) is 52.3 Å². The van der Waals surface area contributed by atoms with Crippen LogP contribution < -0.4 is 4.90 Å². The van der Waals surface area contributed by atoms with E-state index in [-0.39, 0.29) is 18.1 Å². The molecule has 1 aromatic rings. The average Bonchev–Trinajstić information content (AvgIpc) is 2.62. The van der Waals surface area contributed by atoms with E-state index in [1.165, 1.54) is 6.42 Å². The van der Waals surface area contributed by atoms with E-state index in [1.807, 2.05) is 37.0 Å². The van der Waals surface area contributed by atoms with E-state index in [4.69, 9.17) is 4.74 Å². The van der Waals surface area contributed by atoms with Gasteiger partial charge in [-0.1, -0.05) is 6.42 Å². The second-order valence-corrected chi connectivity index (χ2v) is 6.81. The van der Waals surface area contributed by atoms with Gasteiger partial charge in [-0.25, -0.2) is 9.97 Å². The van der Waals surface area contributed by atoms with Gasteiger partial charge in [-0.2, -0.15) is 0 Å². The van der Waals surface area contributed by atoms with Crippen molar-refractivity contribution in [1.82, 2.24) is 19.8 Å². The van der Waals surface area contributed by atoms with Crippen LogP contribution in [0.4, 0.5) is 5.95 Å². The highest BCUT2D eigenvalue weighted by Crippen LogP contribution is 2.24. The standard InChI is InChI=1S/C17H27N5O2/c1-20(2)17-18-8-7-13(19-17)15-12-22(10-11-24-15)16(23)14-6-4-5-9-21(14)3/h7-8,14-15H,4-6,9-12H2,1-3H3/t14-,15+/m0/s1. The van der Waals surface area contributed by atoms with Gasteiger partial charge in [0.25, 0.3) is 0 Å². The summed E-state index contributed by atoms with van der Waals surface area (Å²) < 4.78 is 5.88. The molecule has 2 fully saturated rings. The summed E-state index contributed by atoms with van der Waals surface area (Å²) in [6, 6.07) is 1.89. The molecule has 3 rings (SSSR count). The number of nitrogens with zero attached hydrogens (tertiary/aromatic N) is 5. The van der Waals surface area contributed by atoms with Crippen molar-refractivity contribution in [3.63, 3.8) is 0 Å². The monoisotopic (exact) mass is 333 g/mol. The number of piperidine rings is 1. The Labute approximate surface area is 143 Å². The summed E-state index contributed by atoms with van der Waals surface area (Å²) in [5, 5.41) is 0. The minimum absolute atomic E-state index is 0.0141. The summed E-state index contributed by atoms with van der Waals surface area (Å²) in [7, 11) is 5.87. The van der Waals surface area contributed by atoms with Gasteiger partial charge in [0.1, 0.15) is 6.10 Å². The zero-order valence-corrected chi connectivity index (χ0v) is 14.8. The molecule has 0 bridgehead atoms. The van der Waals surface area contributed by atoms with E-state index in [1.54, 1.807) is 6.20 Å². The number of ether oxygens (including phenoxy) is 1. The van der Waals surface area contributed by atoms with Crippen LogP contribution in [0.25, 0.3) is 0 Å². The van der Waals surface area contributed by atoms with Gasteiger partial charge in [0.05, 0.1) is 24.9 Å². The Bertz CT molecular complexity index is 580. The van der Waals surface area contributed by atoms with Gasteiger partial charge in [-0.05, 0) is 32.5 Å². The largest absolute Gasteiger partial charge is 0.368 e. The first kappa shape index (κ1) is 17.1. The minimum Gasteiger partial charge on any atom is -0.368 e. The van der Waals surface area contributed by atoms with Crippen LogP contribution in [-0.2, 0) is 9.53 Å². The topological polar surface area (TPSA) is 61.8 Å². The molecule has 0 aliphatic carbocycles. The predicted molar refractivity (Wildman–Crippen MR) is 91.9 cm³/mol. The van der Waals surface area contributed by atoms with Crippen LogP contribution in [0.5, 0.6) is 0 Å². The van der Waals surface area contributed by atoms with Gasteiger partial charge in [-0.15, -0.1) is 0 Å². The van der Waals surface area contributed by atoms with Crippen LogP contribution in [0.2, 0.25) is 0 Å². The molecule has 0 aromatic carbocycles. The molecule has 1 aromatic heterocycles. The molecule has 0 spiro atoms.